The molecular weight excluding hydrogens is 388 g/mol. The molecule has 0 aliphatic rings. The molecule has 2 heterocycles. The summed E-state index contributed by atoms with van der Waals surface area (Å²) in [7, 11) is 1.61. The van der Waals surface area contributed by atoms with Crippen LogP contribution in [0.2, 0.25) is 0 Å². The second-order valence-electron chi connectivity index (χ2n) is 6.55. The zero-order valence-corrected chi connectivity index (χ0v) is 17.8. The first kappa shape index (κ1) is 20.9. The van der Waals surface area contributed by atoms with Gasteiger partial charge < -0.3 is 15.0 Å². The molecule has 0 fully saturated rings. The number of benzene rings is 1. The van der Waals surface area contributed by atoms with E-state index >= 15 is 0 Å². The maximum absolute atomic E-state index is 13.0. The molecule has 0 atom stereocenters. The highest BCUT2D eigenvalue weighted by Gasteiger charge is 2.16. The average molecular weight is 415 g/mol. The number of methoxy groups -OCH3 is 1. The van der Waals surface area contributed by atoms with Crippen LogP contribution in [0.25, 0.3) is 10.2 Å². The van der Waals surface area contributed by atoms with E-state index in [2.05, 4.69) is 10.3 Å². The topological polar surface area (TPSA) is 76.5 Å². The number of hydrogen-bond donors (Lipinski definition) is 1. The van der Waals surface area contributed by atoms with Gasteiger partial charge in [0.1, 0.15) is 10.4 Å². The van der Waals surface area contributed by atoms with E-state index in [-0.39, 0.29) is 24.4 Å². The van der Waals surface area contributed by atoms with Gasteiger partial charge in [0.2, 0.25) is 11.9 Å². The predicted octanol–water partition coefficient (Wildman–Crippen LogP) is 3.02. The lowest BCUT2D eigenvalue weighted by Gasteiger charge is -2.23. The first-order chi connectivity index (χ1) is 14.1. The number of ether oxygens (including phenoxy) is 1. The van der Waals surface area contributed by atoms with E-state index in [1.54, 1.807) is 11.7 Å². The first-order valence-electron chi connectivity index (χ1n) is 9.70. The second kappa shape index (κ2) is 9.56. The fourth-order valence-corrected chi connectivity index (χ4v) is 3.94. The standard InChI is InChI=1S/C21H26N4O3S/c1-4-24(5-2)21-23-17-10-12-29-19(17)20(27)25(21)11-9-18(26)22-14-15-7-6-8-16(13-15)28-3/h6-8,10,12-13H,4-5,9,11,14H2,1-3H3,(H,22,26). The van der Waals surface area contributed by atoms with Crippen LogP contribution in [-0.2, 0) is 17.9 Å². The van der Waals surface area contributed by atoms with Crippen molar-refractivity contribution < 1.29 is 9.53 Å². The highest BCUT2D eigenvalue weighted by molar-refractivity contribution is 7.17. The fraction of sp³-hybridized carbons (Fsp3) is 0.381. The summed E-state index contributed by atoms with van der Waals surface area (Å²) < 4.78 is 7.45. The van der Waals surface area contributed by atoms with E-state index in [0.29, 0.717) is 22.7 Å². The van der Waals surface area contributed by atoms with Crippen molar-refractivity contribution in [2.24, 2.45) is 0 Å². The van der Waals surface area contributed by atoms with Gasteiger partial charge in [-0.15, -0.1) is 11.3 Å². The maximum Gasteiger partial charge on any atom is 0.272 e. The minimum absolute atomic E-state index is 0.0903. The van der Waals surface area contributed by atoms with Crippen molar-refractivity contribution in [1.82, 2.24) is 14.9 Å². The van der Waals surface area contributed by atoms with Gasteiger partial charge in [0.25, 0.3) is 5.56 Å². The summed E-state index contributed by atoms with van der Waals surface area (Å²) in [6.07, 6.45) is 0.205. The van der Waals surface area contributed by atoms with Gasteiger partial charge in [0, 0.05) is 32.6 Å². The Morgan fingerprint density at radius 1 is 1.28 bits per heavy atom. The molecule has 0 aliphatic carbocycles. The van der Waals surface area contributed by atoms with Gasteiger partial charge >= 0.3 is 0 Å². The molecule has 2 aromatic heterocycles. The number of aromatic nitrogens is 2. The van der Waals surface area contributed by atoms with Crippen molar-refractivity contribution in [2.75, 3.05) is 25.1 Å². The van der Waals surface area contributed by atoms with Gasteiger partial charge in [0.05, 0.1) is 12.6 Å². The second-order valence-corrected chi connectivity index (χ2v) is 7.47. The summed E-state index contributed by atoms with van der Waals surface area (Å²) in [5.41, 5.74) is 1.58. The van der Waals surface area contributed by atoms with Crippen molar-refractivity contribution in [3.05, 3.63) is 51.6 Å². The van der Waals surface area contributed by atoms with Gasteiger partial charge in [-0.05, 0) is 43.0 Å². The van der Waals surface area contributed by atoms with E-state index in [4.69, 9.17) is 4.74 Å². The van der Waals surface area contributed by atoms with Crippen molar-refractivity contribution in [3.8, 4) is 5.75 Å². The van der Waals surface area contributed by atoms with Crippen LogP contribution in [0.15, 0.2) is 40.5 Å². The van der Waals surface area contributed by atoms with Crippen LogP contribution in [0.5, 0.6) is 5.75 Å². The summed E-state index contributed by atoms with van der Waals surface area (Å²) in [6.45, 7) is 6.23. The number of rotatable bonds is 9. The zero-order chi connectivity index (χ0) is 20.8. The Morgan fingerprint density at radius 3 is 2.79 bits per heavy atom. The normalized spacial score (nSPS) is 10.9. The number of anilines is 1. The summed E-state index contributed by atoms with van der Waals surface area (Å²) in [6, 6.07) is 9.43. The number of fused-ring (bicyclic) bond motifs is 1. The van der Waals surface area contributed by atoms with E-state index in [1.165, 1.54) is 11.3 Å². The number of carbonyl (C=O) groups is 1. The lowest BCUT2D eigenvalue weighted by atomic mass is 10.2. The molecule has 0 aliphatic heterocycles. The number of thiophene rings is 1. The molecule has 1 amide bonds. The Morgan fingerprint density at radius 2 is 2.07 bits per heavy atom. The Labute approximate surface area is 173 Å². The number of carbonyl (C=O) groups excluding carboxylic acids is 1. The van der Waals surface area contributed by atoms with Gasteiger partial charge in [-0.1, -0.05) is 12.1 Å². The molecule has 0 saturated carbocycles. The lowest BCUT2D eigenvalue weighted by molar-refractivity contribution is -0.121. The van der Waals surface area contributed by atoms with Gasteiger partial charge in [-0.2, -0.15) is 0 Å². The van der Waals surface area contributed by atoms with Crippen LogP contribution in [0.3, 0.4) is 0 Å². The summed E-state index contributed by atoms with van der Waals surface area (Å²) in [4.78, 5) is 32.1. The largest absolute Gasteiger partial charge is 0.497 e. The monoisotopic (exact) mass is 414 g/mol. The number of nitrogens with zero attached hydrogens (tertiary/aromatic N) is 3. The van der Waals surface area contributed by atoms with Crippen LogP contribution in [0, 0.1) is 0 Å². The molecule has 1 aromatic carbocycles. The Hall–Kier alpha value is -2.87. The fourth-order valence-electron chi connectivity index (χ4n) is 3.17. The predicted molar refractivity (Wildman–Crippen MR) is 117 cm³/mol. The number of nitrogens with one attached hydrogen (secondary N) is 1. The Bertz CT molecular complexity index is 1040. The zero-order valence-electron chi connectivity index (χ0n) is 17.0. The molecule has 29 heavy (non-hydrogen) atoms. The van der Waals surface area contributed by atoms with Crippen LogP contribution >= 0.6 is 11.3 Å². The van der Waals surface area contributed by atoms with Gasteiger partial charge in [-0.25, -0.2) is 4.98 Å². The molecule has 0 spiro atoms. The van der Waals surface area contributed by atoms with Crippen molar-refractivity contribution in [1.29, 1.82) is 0 Å². The van der Waals surface area contributed by atoms with Crippen molar-refractivity contribution >= 4 is 33.4 Å². The van der Waals surface area contributed by atoms with Crippen LogP contribution in [0.4, 0.5) is 5.95 Å². The van der Waals surface area contributed by atoms with Crippen LogP contribution in [0.1, 0.15) is 25.8 Å². The third-order valence-corrected chi connectivity index (χ3v) is 5.67. The van der Waals surface area contributed by atoms with Gasteiger partial charge in [-0.3, -0.25) is 14.2 Å². The molecule has 3 aromatic rings. The van der Waals surface area contributed by atoms with Crippen LogP contribution in [-0.4, -0.2) is 35.7 Å². The van der Waals surface area contributed by atoms with E-state index in [0.717, 1.165) is 24.4 Å². The third kappa shape index (κ3) is 4.76. The first-order valence-corrected chi connectivity index (χ1v) is 10.6. The van der Waals surface area contributed by atoms with E-state index in [9.17, 15) is 9.59 Å². The molecule has 0 bridgehead atoms. The molecule has 154 valence electrons. The van der Waals surface area contributed by atoms with Crippen molar-refractivity contribution in [3.63, 3.8) is 0 Å². The smallest absolute Gasteiger partial charge is 0.272 e. The Balaban J connectivity index is 1.73. The highest BCUT2D eigenvalue weighted by Crippen LogP contribution is 2.19. The maximum atomic E-state index is 13.0. The van der Waals surface area contributed by atoms with Crippen molar-refractivity contribution in [2.45, 2.75) is 33.4 Å². The number of amides is 1. The quantitative estimate of drug-likeness (QED) is 0.582. The van der Waals surface area contributed by atoms with E-state index in [1.807, 2.05) is 54.5 Å². The summed E-state index contributed by atoms with van der Waals surface area (Å²) in [5.74, 6) is 1.26. The molecule has 0 unspecified atom stereocenters. The summed E-state index contributed by atoms with van der Waals surface area (Å²) in [5, 5.41) is 4.78. The van der Waals surface area contributed by atoms with Crippen LogP contribution < -0.4 is 20.5 Å². The molecule has 1 N–H and O–H groups in total. The Kier molecular flexibility index (Phi) is 6.87. The molecule has 7 nitrogen and oxygen atoms in total. The summed E-state index contributed by atoms with van der Waals surface area (Å²) >= 11 is 1.38. The molecule has 0 saturated heterocycles. The number of hydrogen-bond acceptors (Lipinski definition) is 6. The highest BCUT2D eigenvalue weighted by atomic mass is 32.1. The molecular formula is C21H26N4O3S. The lowest BCUT2D eigenvalue weighted by Crippen LogP contribution is -2.34. The molecule has 3 rings (SSSR count). The van der Waals surface area contributed by atoms with E-state index < -0.39 is 0 Å². The molecule has 0 radical (unpaired) electrons. The average Bonchev–Trinajstić information content (AvgIpc) is 3.22. The minimum atomic E-state index is -0.114. The molecule has 8 heteroatoms. The van der Waals surface area contributed by atoms with Gasteiger partial charge in [0.15, 0.2) is 0 Å². The SMILES string of the molecule is CCN(CC)c1nc2ccsc2c(=O)n1CCC(=O)NCc1cccc(OC)c1. The third-order valence-electron chi connectivity index (χ3n) is 4.78. The minimum Gasteiger partial charge on any atom is -0.497 e.